The number of benzene rings is 1. The number of thiazole rings is 1. The lowest BCUT2D eigenvalue weighted by atomic mass is 9.94. The van der Waals surface area contributed by atoms with Gasteiger partial charge in [-0.2, -0.15) is 9.97 Å². The van der Waals surface area contributed by atoms with Crippen LogP contribution in [0.5, 0.6) is 0 Å². The summed E-state index contributed by atoms with van der Waals surface area (Å²) >= 11 is 1.55. The van der Waals surface area contributed by atoms with Gasteiger partial charge >= 0.3 is 0 Å². The Morgan fingerprint density at radius 1 is 1.19 bits per heavy atom. The lowest BCUT2D eigenvalue weighted by Gasteiger charge is -2.22. The van der Waals surface area contributed by atoms with Crippen LogP contribution in [0.2, 0.25) is 0 Å². The molecule has 1 aliphatic carbocycles. The van der Waals surface area contributed by atoms with Crippen molar-refractivity contribution in [1.29, 1.82) is 0 Å². The first-order valence-corrected chi connectivity index (χ1v) is 12.7. The lowest BCUT2D eigenvalue weighted by Crippen LogP contribution is -2.23. The average Bonchev–Trinajstić information content (AvgIpc) is 3.35. The van der Waals surface area contributed by atoms with Crippen LogP contribution in [0.15, 0.2) is 35.7 Å². The summed E-state index contributed by atoms with van der Waals surface area (Å²) in [6.45, 7) is 0.365. The summed E-state index contributed by atoms with van der Waals surface area (Å²) in [5.74, 6) is 0.431. The van der Waals surface area contributed by atoms with Crippen LogP contribution < -0.4 is 5.32 Å². The quantitative estimate of drug-likeness (QED) is 0.455. The van der Waals surface area contributed by atoms with Crippen LogP contribution in [0.3, 0.4) is 0 Å². The number of nitrogens with zero attached hydrogens (tertiary/aromatic N) is 5. The van der Waals surface area contributed by atoms with Crippen molar-refractivity contribution in [3.63, 3.8) is 0 Å². The minimum absolute atomic E-state index is 0.119. The van der Waals surface area contributed by atoms with Gasteiger partial charge < -0.3 is 9.88 Å². The fourth-order valence-electron chi connectivity index (χ4n) is 3.83. The normalized spacial score (nSPS) is 17.5. The molecule has 160 valence electrons. The van der Waals surface area contributed by atoms with Crippen molar-refractivity contribution in [2.45, 2.75) is 43.4 Å². The number of fused-ring (bicyclic) bond motifs is 2. The summed E-state index contributed by atoms with van der Waals surface area (Å²) in [4.78, 5) is 30.0. The monoisotopic (exact) mass is 456 g/mol. The second kappa shape index (κ2) is 7.65. The smallest absolute Gasteiger partial charge is 0.250 e. The maximum Gasteiger partial charge on any atom is 0.250 e. The highest BCUT2D eigenvalue weighted by Gasteiger charge is 2.27. The first-order chi connectivity index (χ1) is 14.9. The number of carbonyl (C=O) groups is 1. The van der Waals surface area contributed by atoms with Crippen molar-refractivity contribution in [2.24, 2.45) is 0 Å². The van der Waals surface area contributed by atoms with E-state index in [4.69, 9.17) is 0 Å². The predicted octanol–water partition coefficient (Wildman–Crippen LogP) is 3.14. The van der Waals surface area contributed by atoms with E-state index in [1.54, 1.807) is 22.2 Å². The lowest BCUT2D eigenvalue weighted by molar-refractivity contribution is -0.123. The van der Waals surface area contributed by atoms with E-state index in [9.17, 15) is 13.2 Å². The molecule has 9 nitrogen and oxygen atoms in total. The summed E-state index contributed by atoms with van der Waals surface area (Å²) in [5.41, 5.74) is 1.70. The summed E-state index contributed by atoms with van der Waals surface area (Å²) < 4.78 is 27.2. The molecular formula is C20H20N6O3S2. The zero-order valence-electron chi connectivity index (χ0n) is 16.8. The van der Waals surface area contributed by atoms with Crippen molar-refractivity contribution in [2.75, 3.05) is 11.6 Å². The molecule has 5 rings (SSSR count). The van der Waals surface area contributed by atoms with E-state index in [0.717, 1.165) is 34.3 Å². The van der Waals surface area contributed by atoms with Crippen LogP contribution in [0.25, 0.3) is 21.4 Å². The molecule has 0 radical (unpaired) electrons. The average molecular weight is 457 g/mol. The summed E-state index contributed by atoms with van der Waals surface area (Å²) in [7, 11) is -3.66. The molecule has 1 fully saturated rings. The van der Waals surface area contributed by atoms with Crippen LogP contribution >= 0.6 is 11.3 Å². The largest absolute Gasteiger partial charge is 0.362 e. The third kappa shape index (κ3) is 3.79. The van der Waals surface area contributed by atoms with E-state index in [0.29, 0.717) is 36.4 Å². The van der Waals surface area contributed by atoms with Crippen LogP contribution in [0.1, 0.15) is 36.7 Å². The Balaban J connectivity index is 1.55. The Hall–Kier alpha value is -2.92. The number of anilines is 1. The number of Topliss-reactive ketones (excluding diaryl/α,β-unsaturated/α-hetero) is 1. The molecule has 0 bridgehead atoms. The van der Waals surface area contributed by atoms with Gasteiger partial charge in [0.25, 0.3) is 5.16 Å². The number of sulfone groups is 1. The van der Waals surface area contributed by atoms with E-state index in [-0.39, 0.29) is 17.0 Å². The van der Waals surface area contributed by atoms with E-state index >= 15 is 0 Å². The fraction of sp³-hybridized carbons (Fsp3) is 0.350. The van der Waals surface area contributed by atoms with Gasteiger partial charge in [-0.1, -0.05) is 18.6 Å². The van der Waals surface area contributed by atoms with Crippen LogP contribution in [0.4, 0.5) is 5.82 Å². The second-order valence-corrected chi connectivity index (χ2v) is 10.6. The summed E-state index contributed by atoms with van der Waals surface area (Å²) in [6.07, 6.45) is 5.64. The molecule has 0 aliphatic heterocycles. The first-order valence-electron chi connectivity index (χ1n) is 9.96. The standard InChI is InChI=1S/C20H20N6O3S2/c1-31(28,29)20-24-18(21-10-16-23-12-6-2-5-9-15(12)30-16)17-19(25-20)26(11-22-17)13-7-3-4-8-14(13)27/h2,5-6,9,11,13H,3-4,7-8,10H2,1H3,(H,21,24,25)/t13-/m1/s1. The highest BCUT2D eigenvalue weighted by atomic mass is 32.2. The topological polar surface area (TPSA) is 120 Å². The molecule has 1 saturated carbocycles. The number of hydrogen-bond donors (Lipinski definition) is 1. The zero-order valence-corrected chi connectivity index (χ0v) is 18.4. The van der Waals surface area contributed by atoms with Crippen LogP contribution in [0, 0.1) is 0 Å². The molecular weight excluding hydrogens is 436 g/mol. The molecule has 0 unspecified atom stereocenters. The van der Waals surface area contributed by atoms with E-state index in [1.165, 1.54) is 0 Å². The van der Waals surface area contributed by atoms with Gasteiger partial charge in [-0.05, 0) is 25.0 Å². The highest BCUT2D eigenvalue weighted by Crippen LogP contribution is 2.30. The van der Waals surface area contributed by atoms with E-state index in [1.807, 2.05) is 24.3 Å². The predicted molar refractivity (Wildman–Crippen MR) is 118 cm³/mol. The minimum atomic E-state index is -3.66. The van der Waals surface area contributed by atoms with Crippen LogP contribution in [-0.2, 0) is 21.2 Å². The zero-order chi connectivity index (χ0) is 21.6. The molecule has 0 amide bonds. The summed E-state index contributed by atoms with van der Waals surface area (Å²) in [5, 5.41) is 3.73. The van der Waals surface area contributed by atoms with Gasteiger partial charge in [0.05, 0.1) is 29.1 Å². The highest BCUT2D eigenvalue weighted by molar-refractivity contribution is 7.90. The van der Waals surface area contributed by atoms with Gasteiger partial charge in [-0.15, -0.1) is 11.3 Å². The van der Waals surface area contributed by atoms with Gasteiger partial charge in [-0.3, -0.25) is 4.79 Å². The maximum absolute atomic E-state index is 12.5. The van der Waals surface area contributed by atoms with Gasteiger partial charge in [0, 0.05) is 12.7 Å². The second-order valence-electron chi connectivity index (χ2n) is 7.61. The van der Waals surface area contributed by atoms with Gasteiger partial charge in [0.2, 0.25) is 9.84 Å². The van der Waals surface area contributed by atoms with Crippen molar-refractivity contribution >= 4 is 54.2 Å². The molecule has 11 heteroatoms. The number of aromatic nitrogens is 5. The SMILES string of the molecule is CS(=O)(=O)c1nc(NCc2nc3ccccc3s2)c2ncn([C@@H]3CCCCC3=O)c2n1. The molecule has 1 atom stereocenters. The maximum atomic E-state index is 12.5. The number of rotatable bonds is 5. The number of carbonyl (C=O) groups excluding carboxylic acids is 1. The molecule has 4 aromatic rings. The third-order valence-electron chi connectivity index (χ3n) is 5.34. The van der Waals surface area contributed by atoms with Gasteiger partial charge in [0.15, 0.2) is 22.8 Å². The first kappa shape index (κ1) is 20.0. The number of para-hydroxylation sites is 1. The van der Waals surface area contributed by atoms with E-state index < -0.39 is 9.84 Å². The number of hydrogen-bond acceptors (Lipinski definition) is 9. The van der Waals surface area contributed by atoms with Crippen LogP contribution in [-0.4, -0.2) is 45.0 Å². The Kier molecular flexibility index (Phi) is 4.94. The van der Waals surface area contributed by atoms with Crippen molar-refractivity contribution in [3.05, 3.63) is 35.6 Å². The molecule has 3 heterocycles. The van der Waals surface area contributed by atoms with Crippen molar-refractivity contribution < 1.29 is 13.2 Å². The molecule has 1 aromatic carbocycles. The van der Waals surface area contributed by atoms with E-state index in [2.05, 4.69) is 25.3 Å². The molecule has 31 heavy (non-hydrogen) atoms. The molecule has 0 saturated heterocycles. The molecule has 1 N–H and O–H groups in total. The van der Waals surface area contributed by atoms with Gasteiger partial charge in [0.1, 0.15) is 5.01 Å². The molecule has 3 aromatic heterocycles. The Morgan fingerprint density at radius 3 is 2.81 bits per heavy atom. The number of imidazole rings is 1. The number of nitrogens with one attached hydrogen (secondary N) is 1. The third-order valence-corrected chi connectivity index (χ3v) is 7.22. The Morgan fingerprint density at radius 2 is 2.03 bits per heavy atom. The molecule has 0 spiro atoms. The summed E-state index contributed by atoms with van der Waals surface area (Å²) in [6, 6.07) is 7.47. The minimum Gasteiger partial charge on any atom is -0.362 e. The fourth-order valence-corrected chi connectivity index (χ4v) is 5.24. The van der Waals surface area contributed by atoms with Gasteiger partial charge in [-0.25, -0.2) is 18.4 Å². The number of ketones is 1. The Bertz CT molecular complexity index is 1380. The Labute approximate surface area is 182 Å². The molecule has 1 aliphatic rings. The van der Waals surface area contributed by atoms with Crippen molar-refractivity contribution in [3.8, 4) is 0 Å². The van der Waals surface area contributed by atoms with Crippen molar-refractivity contribution in [1.82, 2.24) is 24.5 Å².